The molecule has 0 aliphatic carbocycles. The first-order valence-electron chi connectivity index (χ1n) is 5.02. The Hall–Kier alpha value is -1.58. The van der Waals surface area contributed by atoms with Crippen LogP contribution in [0.3, 0.4) is 0 Å². The van der Waals surface area contributed by atoms with Crippen LogP contribution in [0.1, 0.15) is 4.88 Å². The number of nitrogens with one attached hydrogen (secondary N) is 1. The van der Waals surface area contributed by atoms with Crippen molar-refractivity contribution >= 4 is 40.6 Å². The average Bonchev–Trinajstić information content (AvgIpc) is 2.83. The summed E-state index contributed by atoms with van der Waals surface area (Å²) in [4.78, 5) is 12.6. The summed E-state index contributed by atoms with van der Waals surface area (Å²) in [5.41, 5.74) is 0.732. The molecule has 1 amide bonds. The Kier molecular flexibility index (Phi) is 3.96. The van der Waals surface area contributed by atoms with Gasteiger partial charge in [0.2, 0.25) is 5.91 Å². The summed E-state index contributed by atoms with van der Waals surface area (Å²) < 4.78 is 0. The van der Waals surface area contributed by atoms with Crippen molar-refractivity contribution in [3.63, 3.8) is 0 Å². The van der Waals surface area contributed by atoms with Gasteiger partial charge in [-0.25, -0.2) is 0 Å². The van der Waals surface area contributed by atoms with Crippen molar-refractivity contribution in [1.29, 1.82) is 0 Å². The number of carbonyl (C=O) groups excluding carboxylic acids is 1. The highest BCUT2D eigenvalue weighted by Crippen LogP contribution is 2.14. The van der Waals surface area contributed by atoms with Crippen LogP contribution in [-0.4, -0.2) is 5.91 Å². The van der Waals surface area contributed by atoms with Crippen molar-refractivity contribution in [2.75, 3.05) is 5.32 Å². The van der Waals surface area contributed by atoms with Crippen molar-refractivity contribution in [3.05, 3.63) is 57.8 Å². The van der Waals surface area contributed by atoms with E-state index in [1.165, 1.54) is 6.08 Å². The predicted molar refractivity (Wildman–Crippen MR) is 73.4 cm³/mol. The summed E-state index contributed by atoms with van der Waals surface area (Å²) in [6.45, 7) is 0. The maximum absolute atomic E-state index is 11.6. The third-order valence-corrected chi connectivity index (χ3v) is 3.14. The summed E-state index contributed by atoms with van der Waals surface area (Å²) in [7, 11) is 0. The van der Waals surface area contributed by atoms with E-state index in [2.05, 4.69) is 5.32 Å². The molecule has 0 saturated carbocycles. The molecule has 0 radical (unpaired) electrons. The lowest BCUT2D eigenvalue weighted by atomic mass is 10.3. The predicted octanol–water partition coefficient (Wildman–Crippen LogP) is 4.05. The molecular formula is C13H10ClNOS. The molecule has 0 bridgehead atoms. The van der Waals surface area contributed by atoms with E-state index in [-0.39, 0.29) is 5.91 Å². The van der Waals surface area contributed by atoms with Crippen LogP contribution in [0.15, 0.2) is 47.9 Å². The van der Waals surface area contributed by atoms with Crippen LogP contribution in [0, 0.1) is 0 Å². The maximum atomic E-state index is 11.6. The molecule has 1 heterocycles. The van der Waals surface area contributed by atoms with Crippen LogP contribution in [0.25, 0.3) is 6.08 Å². The van der Waals surface area contributed by atoms with E-state index in [9.17, 15) is 4.79 Å². The molecule has 4 heteroatoms. The molecule has 0 spiro atoms. The molecule has 2 aromatic rings. The molecule has 0 fully saturated rings. The Morgan fingerprint density at radius 3 is 2.65 bits per heavy atom. The first-order chi connectivity index (χ1) is 8.24. The third kappa shape index (κ3) is 3.73. The number of hydrogen-bond acceptors (Lipinski definition) is 2. The fourth-order valence-corrected chi connectivity index (χ4v) is 2.01. The molecule has 1 aromatic carbocycles. The van der Waals surface area contributed by atoms with Crippen LogP contribution in [0.4, 0.5) is 5.69 Å². The van der Waals surface area contributed by atoms with E-state index in [0.29, 0.717) is 5.02 Å². The number of thiophene rings is 1. The topological polar surface area (TPSA) is 29.1 Å². The molecule has 2 nitrogen and oxygen atoms in total. The van der Waals surface area contributed by atoms with Gasteiger partial charge in [-0.05, 0) is 41.8 Å². The molecule has 1 N–H and O–H groups in total. The highest BCUT2D eigenvalue weighted by molar-refractivity contribution is 7.10. The second-order valence-corrected chi connectivity index (χ2v) is 4.76. The number of carbonyl (C=O) groups is 1. The second kappa shape index (κ2) is 5.66. The molecule has 1 aromatic heterocycles. The van der Waals surface area contributed by atoms with Crippen LogP contribution in [0.2, 0.25) is 5.02 Å². The molecule has 86 valence electrons. The van der Waals surface area contributed by atoms with Gasteiger partial charge in [0.05, 0.1) is 0 Å². The SMILES string of the molecule is O=C(C=Cc1cccs1)Nc1ccc(Cl)cc1. The number of benzene rings is 1. The van der Waals surface area contributed by atoms with E-state index in [0.717, 1.165) is 10.6 Å². The van der Waals surface area contributed by atoms with Gasteiger partial charge in [0.1, 0.15) is 0 Å². The smallest absolute Gasteiger partial charge is 0.248 e. The quantitative estimate of drug-likeness (QED) is 0.832. The van der Waals surface area contributed by atoms with Crippen molar-refractivity contribution in [1.82, 2.24) is 0 Å². The van der Waals surface area contributed by atoms with Gasteiger partial charge in [-0.3, -0.25) is 4.79 Å². The molecule has 0 saturated heterocycles. The second-order valence-electron chi connectivity index (χ2n) is 3.34. The van der Waals surface area contributed by atoms with E-state index >= 15 is 0 Å². The Morgan fingerprint density at radius 2 is 2.00 bits per heavy atom. The number of amides is 1. The van der Waals surface area contributed by atoms with Crippen molar-refractivity contribution in [2.45, 2.75) is 0 Å². The average molecular weight is 264 g/mol. The normalized spacial score (nSPS) is 10.6. The maximum Gasteiger partial charge on any atom is 0.248 e. The highest BCUT2D eigenvalue weighted by atomic mass is 35.5. The summed E-state index contributed by atoms with van der Waals surface area (Å²) >= 11 is 7.34. The van der Waals surface area contributed by atoms with Crippen molar-refractivity contribution < 1.29 is 4.79 Å². The summed E-state index contributed by atoms with van der Waals surface area (Å²) in [6, 6.07) is 10.9. The molecule has 0 unspecified atom stereocenters. The summed E-state index contributed by atoms with van der Waals surface area (Å²) in [5, 5.41) is 5.37. The van der Waals surface area contributed by atoms with Gasteiger partial charge in [-0.2, -0.15) is 0 Å². The molecule has 0 aliphatic heterocycles. The zero-order valence-corrected chi connectivity index (χ0v) is 10.5. The molecule has 0 aliphatic rings. The van der Waals surface area contributed by atoms with Gasteiger partial charge in [-0.15, -0.1) is 11.3 Å². The Bertz CT molecular complexity index is 517. The largest absolute Gasteiger partial charge is 0.323 e. The minimum atomic E-state index is -0.152. The van der Waals surface area contributed by atoms with Crippen LogP contribution in [0.5, 0.6) is 0 Å². The van der Waals surface area contributed by atoms with Crippen LogP contribution >= 0.6 is 22.9 Å². The lowest BCUT2D eigenvalue weighted by Gasteiger charge is -2.01. The van der Waals surface area contributed by atoms with Crippen molar-refractivity contribution in [2.24, 2.45) is 0 Å². The van der Waals surface area contributed by atoms with Gasteiger partial charge in [0.15, 0.2) is 0 Å². The van der Waals surface area contributed by atoms with Gasteiger partial charge in [-0.1, -0.05) is 17.7 Å². The highest BCUT2D eigenvalue weighted by Gasteiger charge is 1.97. The molecular weight excluding hydrogens is 254 g/mol. The number of hydrogen-bond donors (Lipinski definition) is 1. The third-order valence-electron chi connectivity index (χ3n) is 2.05. The fraction of sp³-hybridized carbons (Fsp3) is 0. The van der Waals surface area contributed by atoms with Gasteiger partial charge in [0.25, 0.3) is 0 Å². The van der Waals surface area contributed by atoms with Crippen molar-refractivity contribution in [3.8, 4) is 0 Å². The first kappa shape index (κ1) is 11.9. The van der Waals surface area contributed by atoms with E-state index in [1.54, 1.807) is 41.7 Å². The molecule has 17 heavy (non-hydrogen) atoms. The fourth-order valence-electron chi connectivity index (χ4n) is 1.26. The summed E-state index contributed by atoms with van der Waals surface area (Å²) in [6.07, 6.45) is 3.30. The van der Waals surface area contributed by atoms with Gasteiger partial charge >= 0.3 is 0 Å². The van der Waals surface area contributed by atoms with E-state index < -0.39 is 0 Å². The van der Waals surface area contributed by atoms with Gasteiger partial charge in [0, 0.05) is 21.7 Å². The lowest BCUT2D eigenvalue weighted by molar-refractivity contribution is -0.111. The Balaban J connectivity index is 1.95. The van der Waals surface area contributed by atoms with Gasteiger partial charge < -0.3 is 5.32 Å². The first-order valence-corrected chi connectivity index (χ1v) is 6.28. The van der Waals surface area contributed by atoms with E-state index in [1.807, 2.05) is 17.5 Å². The Morgan fingerprint density at radius 1 is 1.24 bits per heavy atom. The minimum absolute atomic E-state index is 0.152. The monoisotopic (exact) mass is 263 g/mol. The molecule has 0 atom stereocenters. The zero-order chi connectivity index (χ0) is 12.1. The number of rotatable bonds is 3. The zero-order valence-electron chi connectivity index (χ0n) is 8.89. The number of anilines is 1. The molecule has 2 rings (SSSR count). The van der Waals surface area contributed by atoms with E-state index in [4.69, 9.17) is 11.6 Å². The van der Waals surface area contributed by atoms with Crippen LogP contribution < -0.4 is 5.32 Å². The minimum Gasteiger partial charge on any atom is -0.323 e. The van der Waals surface area contributed by atoms with Crippen LogP contribution in [-0.2, 0) is 4.79 Å². The number of halogens is 1. The lowest BCUT2D eigenvalue weighted by Crippen LogP contribution is -2.07. The standard InChI is InChI=1S/C13H10ClNOS/c14-10-3-5-11(6-4-10)15-13(16)8-7-12-2-1-9-17-12/h1-9H,(H,15,16). The summed E-state index contributed by atoms with van der Waals surface area (Å²) in [5.74, 6) is -0.152. The Labute approximate surface area is 109 Å².